The minimum absolute atomic E-state index is 0.0812. The van der Waals surface area contributed by atoms with Crippen LogP contribution in [-0.2, 0) is 27.1 Å². The van der Waals surface area contributed by atoms with Crippen LogP contribution in [0.4, 0.5) is 4.39 Å². The monoisotopic (exact) mass is 509 g/mol. The van der Waals surface area contributed by atoms with Crippen LogP contribution in [0.3, 0.4) is 0 Å². The van der Waals surface area contributed by atoms with Crippen molar-refractivity contribution < 1.29 is 17.5 Å². The Labute approximate surface area is 202 Å². The molecule has 0 spiro atoms. The van der Waals surface area contributed by atoms with Crippen molar-refractivity contribution in [3.63, 3.8) is 0 Å². The Morgan fingerprint density at radius 3 is 2.76 bits per heavy atom. The van der Waals surface area contributed by atoms with Crippen molar-refractivity contribution in [1.82, 2.24) is 13.9 Å². The van der Waals surface area contributed by atoms with Gasteiger partial charge in [-0.1, -0.05) is 35.5 Å². The molecule has 2 aliphatic heterocycles. The van der Waals surface area contributed by atoms with Crippen molar-refractivity contribution in [3.05, 3.63) is 52.8 Å². The van der Waals surface area contributed by atoms with E-state index in [1.807, 2.05) is 6.07 Å². The average Bonchev–Trinajstić information content (AvgIpc) is 3.57. The zero-order valence-corrected chi connectivity index (χ0v) is 20.4. The molecule has 6 nitrogen and oxygen atoms in total. The highest BCUT2D eigenvalue weighted by Crippen LogP contribution is 2.32. The van der Waals surface area contributed by atoms with Crippen molar-refractivity contribution >= 4 is 44.4 Å². The van der Waals surface area contributed by atoms with Crippen LogP contribution in [-0.4, -0.2) is 48.1 Å². The normalized spacial score (nSPS) is 19.6. The number of thioether (sulfide) groups is 1. The Balaban J connectivity index is 1.49. The Morgan fingerprint density at radius 2 is 2.00 bits per heavy atom. The zero-order valence-electron chi connectivity index (χ0n) is 18.0. The van der Waals surface area contributed by atoms with Crippen LogP contribution in [0.15, 0.2) is 46.5 Å². The van der Waals surface area contributed by atoms with Gasteiger partial charge in [0.2, 0.25) is 10.0 Å². The summed E-state index contributed by atoms with van der Waals surface area (Å²) in [5, 5.41) is 0.799. The van der Waals surface area contributed by atoms with Gasteiger partial charge in [0.15, 0.2) is 5.16 Å². The number of aromatic nitrogens is 2. The first kappa shape index (κ1) is 23.1. The summed E-state index contributed by atoms with van der Waals surface area (Å²) in [7, 11) is -3.53. The molecule has 2 aromatic carbocycles. The van der Waals surface area contributed by atoms with Crippen LogP contribution >= 0.6 is 23.4 Å². The second-order valence-electron chi connectivity index (χ2n) is 8.40. The SMILES string of the molecule is O=S(=O)(c1ccc2c(c1)nc(SCc1cccc(Cl)c1F)n2C[C@H]1CCCO1)N1CCCC1. The number of halogens is 2. The van der Waals surface area contributed by atoms with Crippen molar-refractivity contribution in [1.29, 1.82) is 0 Å². The summed E-state index contributed by atoms with van der Waals surface area (Å²) in [5.74, 6) is -0.0624. The second-order valence-corrected chi connectivity index (χ2v) is 11.7. The van der Waals surface area contributed by atoms with E-state index in [0.29, 0.717) is 41.6 Å². The fourth-order valence-electron chi connectivity index (χ4n) is 4.41. The van der Waals surface area contributed by atoms with Gasteiger partial charge in [0.25, 0.3) is 0 Å². The first-order valence-electron chi connectivity index (χ1n) is 11.1. The third-order valence-corrected chi connectivity index (χ3v) is 9.40. The van der Waals surface area contributed by atoms with Crippen LogP contribution in [0.25, 0.3) is 11.0 Å². The molecule has 0 radical (unpaired) electrons. The highest BCUT2D eigenvalue weighted by molar-refractivity contribution is 7.98. The molecular formula is C23H25ClFN3O3S2. The maximum Gasteiger partial charge on any atom is 0.243 e. The fourth-order valence-corrected chi connectivity index (χ4v) is 7.14. The molecule has 1 aromatic heterocycles. The molecule has 0 N–H and O–H groups in total. The lowest BCUT2D eigenvalue weighted by atomic mass is 10.2. The van der Waals surface area contributed by atoms with Gasteiger partial charge in [-0.3, -0.25) is 0 Å². The van der Waals surface area contributed by atoms with Crippen molar-refractivity contribution in [2.75, 3.05) is 19.7 Å². The van der Waals surface area contributed by atoms with Crippen molar-refractivity contribution in [2.45, 2.75) is 54.1 Å². The van der Waals surface area contributed by atoms with Crippen LogP contribution in [0, 0.1) is 5.82 Å². The molecular weight excluding hydrogens is 485 g/mol. The van der Waals surface area contributed by atoms with Crippen LogP contribution in [0.1, 0.15) is 31.2 Å². The molecule has 3 aromatic rings. The number of nitrogens with zero attached hydrogens (tertiary/aromatic N) is 3. The Bertz CT molecular complexity index is 1270. The predicted octanol–water partition coefficient (Wildman–Crippen LogP) is 5.08. The molecule has 2 aliphatic rings. The third kappa shape index (κ3) is 4.66. The summed E-state index contributed by atoms with van der Waals surface area (Å²) in [6.45, 7) is 2.47. The molecule has 2 saturated heterocycles. The standard InChI is InChI=1S/C23H25ClFN3O3S2/c24-19-7-3-5-16(22(19)25)15-32-23-26-20-13-18(33(29,30)27-10-1-2-11-27)8-9-21(20)28(23)14-17-6-4-12-31-17/h3,5,7-9,13,17H,1-2,4,6,10-12,14-15H2/t17-/m1/s1. The lowest BCUT2D eigenvalue weighted by molar-refractivity contribution is 0.0960. The quantitative estimate of drug-likeness (QED) is 0.415. The lowest BCUT2D eigenvalue weighted by Gasteiger charge is -2.16. The fraction of sp³-hybridized carbons (Fsp3) is 0.435. The van der Waals surface area contributed by atoms with Gasteiger partial charge in [-0.15, -0.1) is 0 Å². The summed E-state index contributed by atoms with van der Waals surface area (Å²) in [6.07, 6.45) is 3.84. The summed E-state index contributed by atoms with van der Waals surface area (Å²) in [4.78, 5) is 5.01. The first-order valence-corrected chi connectivity index (χ1v) is 13.9. The maximum atomic E-state index is 14.4. The molecule has 0 unspecified atom stereocenters. The van der Waals surface area contributed by atoms with Crippen LogP contribution in [0.2, 0.25) is 5.02 Å². The topological polar surface area (TPSA) is 64.4 Å². The number of fused-ring (bicyclic) bond motifs is 1. The summed E-state index contributed by atoms with van der Waals surface area (Å²) < 4.78 is 49.9. The van der Waals surface area contributed by atoms with Gasteiger partial charge in [-0.25, -0.2) is 17.8 Å². The molecule has 3 heterocycles. The molecule has 0 amide bonds. The minimum atomic E-state index is -3.53. The van der Waals surface area contributed by atoms with E-state index in [4.69, 9.17) is 21.3 Å². The predicted molar refractivity (Wildman–Crippen MR) is 128 cm³/mol. The van der Waals surface area contributed by atoms with Crippen molar-refractivity contribution in [3.8, 4) is 0 Å². The van der Waals surface area contributed by atoms with E-state index in [1.54, 1.807) is 24.3 Å². The lowest BCUT2D eigenvalue weighted by Crippen LogP contribution is -2.27. The van der Waals surface area contributed by atoms with E-state index < -0.39 is 15.8 Å². The Hall–Kier alpha value is -1.65. The van der Waals surface area contributed by atoms with Gasteiger partial charge in [0, 0.05) is 25.4 Å². The molecule has 0 bridgehead atoms. The number of ether oxygens (including phenoxy) is 1. The van der Waals surface area contributed by atoms with Gasteiger partial charge in [0.1, 0.15) is 5.82 Å². The molecule has 33 heavy (non-hydrogen) atoms. The van der Waals surface area contributed by atoms with E-state index in [-0.39, 0.29) is 16.0 Å². The maximum absolute atomic E-state index is 14.4. The van der Waals surface area contributed by atoms with E-state index in [0.717, 1.165) is 37.8 Å². The first-order chi connectivity index (χ1) is 15.9. The van der Waals surface area contributed by atoms with E-state index in [1.165, 1.54) is 22.1 Å². The van der Waals surface area contributed by atoms with E-state index in [9.17, 15) is 12.8 Å². The van der Waals surface area contributed by atoms with Gasteiger partial charge in [-0.05, 0) is 55.5 Å². The van der Waals surface area contributed by atoms with Gasteiger partial charge >= 0.3 is 0 Å². The van der Waals surface area contributed by atoms with Crippen LogP contribution < -0.4 is 0 Å². The molecule has 0 saturated carbocycles. The molecule has 2 fully saturated rings. The second kappa shape index (κ2) is 9.54. The van der Waals surface area contributed by atoms with Gasteiger partial charge in [0.05, 0.1) is 33.6 Å². The molecule has 5 rings (SSSR count). The Kier molecular flexibility index (Phi) is 6.68. The zero-order chi connectivity index (χ0) is 23.0. The van der Waals surface area contributed by atoms with E-state index >= 15 is 0 Å². The highest BCUT2D eigenvalue weighted by Gasteiger charge is 2.28. The highest BCUT2D eigenvalue weighted by atomic mass is 35.5. The number of rotatable bonds is 7. The third-order valence-electron chi connectivity index (χ3n) is 6.19. The number of benzene rings is 2. The molecule has 0 aliphatic carbocycles. The number of sulfonamides is 1. The molecule has 176 valence electrons. The van der Waals surface area contributed by atoms with Gasteiger partial charge < -0.3 is 9.30 Å². The summed E-state index contributed by atoms with van der Waals surface area (Å²) >= 11 is 7.34. The minimum Gasteiger partial charge on any atom is -0.376 e. The molecule has 1 atom stereocenters. The van der Waals surface area contributed by atoms with E-state index in [2.05, 4.69) is 4.57 Å². The van der Waals surface area contributed by atoms with Crippen molar-refractivity contribution in [2.24, 2.45) is 0 Å². The summed E-state index contributed by atoms with van der Waals surface area (Å²) in [5.41, 5.74) is 1.96. The smallest absolute Gasteiger partial charge is 0.243 e. The van der Waals surface area contributed by atoms with Crippen LogP contribution in [0.5, 0.6) is 0 Å². The number of imidazole rings is 1. The largest absolute Gasteiger partial charge is 0.376 e. The number of hydrogen-bond donors (Lipinski definition) is 0. The Morgan fingerprint density at radius 1 is 1.18 bits per heavy atom. The van der Waals surface area contributed by atoms with Gasteiger partial charge in [-0.2, -0.15) is 4.31 Å². The average molecular weight is 510 g/mol. The summed E-state index contributed by atoms with van der Waals surface area (Å²) in [6, 6.07) is 10.1. The molecule has 10 heteroatoms. The number of hydrogen-bond acceptors (Lipinski definition) is 5.